The second-order valence-electron chi connectivity index (χ2n) is 7.25. The first-order valence-corrected chi connectivity index (χ1v) is 9.13. The molecular formula is C21H23F2N3O. The van der Waals surface area contributed by atoms with Crippen LogP contribution in [-0.2, 0) is 6.42 Å². The normalized spacial score (nSPS) is 20.2. The number of nitrogens with one attached hydrogen (secondary N) is 1. The lowest BCUT2D eigenvalue weighted by Crippen LogP contribution is -2.45. The fraction of sp³-hybridized carbons (Fsp3) is 0.381. The lowest BCUT2D eigenvalue weighted by atomic mass is 9.83. The summed E-state index contributed by atoms with van der Waals surface area (Å²) in [6, 6.07) is 9.67. The highest BCUT2D eigenvalue weighted by molar-refractivity contribution is 5.83. The molecule has 142 valence electrons. The van der Waals surface area contributed by atoms with Crippen molar-refractivity contribution in [1.29, 1.82) is 0 Å². The van der Waals surface area contributed by atoms with Crippen molar-refractivity contribution >= 4 is 10.9 Å². The summed E-state index contributed by atoms with van der Waals surface area (Å²) >= 11 is 0. The minimum absolute atomic E-state index is 0.0250. The number of aryl methyl sites for hydroxylation is 1. The summed E-state index contributed by atoms with van der Waals surface area (Å²) in [6.45, 7) is 3.74. The molecule has 2 heterocycles. The Labute approximate surface area is 157 Å². The van der Waals surface area contributed by atoms with Gasteiger partial charge in [0, 0.05) is 17.0 Å². The van der Waals surface area contributed by atoms with E-state index in [0.717, 1.165) is 33.3 Å². The molecule has 0 amide bonds. The van der Waals surface area contributed by atoms with Gasteiger partial charge in [0.05, 0.1) is 31.4 Å². The summed E-state index contributed by atoms with van der Waals surface area (Å²) in [4.78, 5) is 1.89. The van der Waals surface area contributed by atoms with Gasteiger partial charge in [-0.2, -0.15) is 5.10 Å². The van der Waals surface area contributed by atoms with Gasteiger partial charge < -0.3 is 4.74 Å². The highest BCUT2D eigenvalue weighted by Crippen LogP contribution is 2.43. The molecule has 0 saturated carbocycles. The molecule has 0 radical (unpaired) electrons. The zero-order chi connectivity index (χ0) is 19.1. The molecule has 27 heavy (non-hydrogen) atoms. The minimum atomic E-state index is -2.40. The Morgan fingerprint density at radius 2 is 2.04 bits per heavy atom. The maximum absolute atomic E-state index is 13.4. The minimum Gasteiger partial charge on any atom is -0.496 e. The third kappa shape index (κ3) is 3.08. The number of H-pyrrole nitrogens is 1. The van der Waals surface area contributed by atoms with Crippen molar-refractivity contribution in [2.24, 2.45) is 0 Å². The molecule has 0 fully saturated rings. The summed E-state index contributed by atoms with van der Waals surface area (Å²) in [7, 11) is 1.63. The Kier molecular flexibility index (Phi) is 4.60. The van der Waals surface area contributed by atoms with E-state index in [4.69, 9.17) is 4.74 Å². The van der Waals surface area contributed by atoms with Crippen LogP contribution in [0.4, 0.5) is 8.78 Å². The second kappa shape index (κ2) is 6.93. The predicted molar refractivity (Wildman–Crippen MR) is 102 cm³/mol. The zero-order valence-corrected chi connectivity index (χ0v) is 15.7. The lowest BCUT2D eigenvalue weighted by Gasteiger charge is -2.42. The third-order valence-corrected chi connectivity index (χ3v) is 5.50. The zero-order valence-electron chi connectivity index (χ0n) is 15.7. The highest BCUT2D eigenvalue weighted by atomic mass is 19.3. The maximum atomic E-state index is 13.4. The van der Waals surface area contributed by atoms with E-state index in [9.17, 15) is 8.78 Å². The molecule has 0 bridgehead atoms. The van der Waals surface area contributed by atoms with Crippen molar-refractivity contribution in [2.75, 3.05) is 13.7 Å². The van der Waals surface area contributed by atoms with E-state index < -0.39 is 6.43 Å². The van der Waals surface area contributed by atoms with Crippen molar-refractivity contribution in [3.05, 3.63) is 58.8 Å². The predicted octanol–water partition coefficient (Wildman–Crippen LogP) is 4.48. The van der Waals surface area contributed by atoms with E-state index in [-0.39, 0.29) is 18.6 Å². The molecule has 2 atom stereocenters. The topological polar surface area (TPSA) is 41.1 Å². The Hall–Kier alpha value is -2.47. The molecule has 0 unspecified atom stereocenters. The Bertz CT molecular complexity index is 969. The number of hydrogen-bond acceptors (Lipinski definition) is 3. The largest absolute Gasteiger partial charge is 0.496 e. The first-order chi connectivity index (χ1) is 13.0. The molecule has 0 saturated heterocycles. The SMILES string of the molecule is COc1cc(C)ccc1[C@@H]1c2ccc3[nH]ncc3c2C[C@@H](C)N1CC(F)F. The molecule has 0 spiro atoms. The molecule has 0 aliphatic carbocycles. The molecule has 1 aliphatic rings. The molecule has 2 aromatic carbocycles. The number of fused-ring (bicyclic) bond motifs is 3. The van der Waals surface area contributed by atoms with Crippen LogP contribution in [0.2, 0.25) is 0 Å². The summed E-state index contributed by atoms with van der Waals surface area (Å²) in [5, 5.41) is 8.23. The van der Waals surface area contributed by atoms with Crippen molar-refractivity contribution in [3.8, 4) is 5.75 Å². The first-order valence-electron chi connectivity index (χ1n) is 9.13. The van der Waals surface area contributed by atoms with Gasteiger partial charge in [0.15, 0.2) is 0 Å². The van der Waals surface area contributed by atoms with Gasteiger partial charge in [-0.1, -0.05) is 18.2 Å². The van der Waals surface area contributed by atoms with E-state index >= 15 is 0 Å². The number of rotatable bonds is 4. The third-order valence-electron chi connectivity index (χ3n) is 5.50. The molecule has 6 heteroatoms. The van der Waals surface area contributed by atoms with Crippen molar-refractivity contribution in [2.45, 2.75) is 38.8 Å². The molecule has 3 aromatic rings. The van der Waals surface area contributed by atoms with Crippen LogP contribution in [0.3, 0.4) is 0 Å². The van der Waals surface area contributed by atoms with Crippen LogP contribution in [0.5, 0.6) is 5.75 Å². The fourth-order valence-electron chi connectivity index (χ4n) is 4.26. The quantitative estimate of drug-likeness (QED) is 0.735. The maximum Gasteiger partial charge on any atom is 0.251 e. The van der Waals surface area contributed by atoms with E-state index in [2.05, 4.69) is 10.2 Å². The monoisotopic (exact) mass is 371 g/mol. The average molecular weight is 371 g/mol. The smallest absolute Gasteiger partial charge is 0.251 e. The van der Waals surface area contributed by atoms with Crippen LogP contribution in [0, 0.1) is 6.92 Å². The molecular weight excluding hydrogens is 348 g/mol. The van der Waals surface area contributed by atoms with Gasteiger partial charge in [0.2, 0.25) is 0 Å². The summed E-state index contributed by atoms with van der Waals surface area (Å²) in [5.41, 5.74) is 5.18. The van der Waals surface area contributed by atoms with Crippen LogP contribution in [0.25, 0.3) is 10.9 Å². The Balaban J connectivity index is 1.94. The molecule has 4 nitrogen and oxygen atoms in total. The van der Waals surface area contributed by atoms with Crippen molar-refractivity contribution in [1.82, 2.24) is 15.1 Å². The van der Waals surface area contributed by atoms with Crippen LogP contribution >= 0.6 is 0 Å². The van der Waals surface area contributed by atoms with Gasteiger partial charge in [-0.3, -0.25) is 10.00 Å². The number of nitrogens with zero attached hydrogens (tertiary/aromatic N) is 2. The number of benzene rings is 2. The molecule has 4 rings (SSSR count). The summed E-state index contributed by atoms with van der Waals surface area (Å²) < 4.78 is 32.5. The van der Waals surface area contributed by atoms with Gasteiger partial charge in [-0.05, 0) is 49.1 Å². The van der Waals surface area contributed by atoms with E-state index in [0.29, 0.717) is 6.42 Å². The van der Waals surface area contributed by atoms with Crippen LogP contribution in [-0.4, -0.2) is 41.2 Å². The lowest BCUT2D eigenvalue weighted by molar-refractivity contribution is 0.0460. The number of ether oxygens (including phenoxy) is 1. The van der Waals surface area contributed by atoms with Crippen LogP contribution < -0.4 is 4.74 Å². The number of hydrogen-bond donors (Lipinski definition) is 1. The first kappa shape index (κ1) is 17.9. The molecule has 1 N–H and O–H groups in total. The fourth-order valence-corrected chi connectivity index (χ4v) is 4.26. The van der Waals surface area contributed by atoms with Crippen molar-refractivity contribution in [3.63, 3.8) is 0 Å². The standard InChI is InChI=1S/C21H23F2N3O/c1-12-4-5-15(19(8-12)27-3)21-14-6-7-18-17(10-24-25-18)16(14)9-13(2)26(21)11-20(22)23/h4-8,10,13,20-21H,9,11H2,1-3H3,(H,24,25)/t13-,21+/m1/s1. The van der Waals surface area contributed by atoms with E-state index in [1.54, 1.807) is 7.11 Å². The van der Waals surface area contributed by atoms with Gasteiger partial charge in [0.25, 0.3) is 6.43 Å². The molecule has 1 aliphatic heterocycles. The number of halogens is 2. The number of methoxy groups -OCH3 is 1. The van der Waals surface area contributed by atoms with E-state index in [1.807, 2.05) is 55.3 Å². The van der Waals surface area contributed by atoms with E-state index in [1.165, 1.54) is 5.56 Å². The van der Waals surface area contributed by atoms with Crippen molar-refractivity contribution < 1.29 is 13.5 Å². The second-order valence-corrected chi connectivity index (χ2v) is 7.25. The van der Waals surface area contributed by atoms with Gasteiger partial charge in [0.1, 0.15) is 5.75 Å². The number of alkyl halides is 2. The van der Waals surface area contributed by atoms with Gasteiger partial charge in [-0.25, -0.2) is 8.78 Å². The molecule has 1 aromatic heterocycles. The Morgan fingerprint density at radius 1 is 1.26 bits per heavy atom. The average Bonchev–Trinajstić information content (AvgIpc) is 3.11. The number of aromatic nitrogens is 2. The van der Waals surface area contributed by atoms with Crippen LogP contribution in [0.15, 0.2) is 36.5 Å². The summed E-state index contributed by atoms with van der Waals surface area (Å²) in [5.74, 6) is 0.728. The Morgan fingerprint density at radius 3 is 2.78 bits per heavy atom. The van der Waals surface area contributed by atoms with Gasteiger partial charge >= 0.3 is 0 Å². The van der Waals surface area contributed by atoms with Gasteiger partial charge in [-0.15, -0.1) is 0 Å². The number of aromatic amines is 1. The highest BCUT2D eigenvalue weighted by Gasteiger charge is 2.37. The summed E-state index contributed by atoms with van der Waals surface area (Å²) in [6.07, 6.45) is 0.141. The van der Waals surface area contributed by atoms with Crippen LogP contribution in [0.1, 0.15) is 35.2 Å².